The number of likely N-dealkylation sites (N-methyl/N-ethyl adjacent to an activating group) is 1. The lowest BCUT2D eigenvalue weighted by molar-refractivity contribution is 0.0882. The summed E-state index contributed by atoms with van der Waals surface area (Å²) in [6, 6.07) is 4.89. The van der Waals surface area contributed by atoms with Gasteiger partial charge in [0, 0.05) is 19.3 Å². The van der Waals surface area contributed by atoms with Crippen LogP contribution in [0.1, 0.15) is 24.2 Å². The molecule has 0 fully saturated rings. The van der Waals surface area contributed by atoms with Crippen molar-refractivity contribution in [3.8, 4) is 0 Å². The molecular weight excluding hydrogens is 218 g/mol. The molecule has 0 aliphatic carbocycles. The Morgan fingerprint density at radius 1 is 1.47 bits per heavy atom. The molecule has 5 N–H and O–H groups in total. The van der Waals surface area contributed by atoms with Gasteiger partial charge in [-0.3, -0.25) is 4.79 Å². The highest BCUT2D eigenvalue weighted by Gasteiger charge is 2.19. The average Bonchev–Trinajstić information content (AvgIpc) is 2.14. The summed E-state index contributed by atoms with van der Waals surface area (Å²) >= 11 is 0. The number of aliphatic hydroxyl groups is 1. The standard InChI is InChI=1S/C12H19N3O2/c1-12(2,17)7-15(3)10-6-8(13)4-5-9(10)11(14)16/h4-6,17H,7,13H2,1-3H3,(H2,14,16). The SMILES string of the molecule is CN(CC(C)(C)O)c1cc(N)ccc1C(N)=O. The van der Waals surface area contributed by atoms with Crippen LogP contribution < -0.4 is 16.4 Å². The van der Waals surface area contributed by atoms with Crippen LogP contribution in [0.4, 0.5) is 11.4 Å². The Hall–Kier alpha value is -1.75. The Kier molecular flexibility index (Phi) is 3.63. The summed E-state index contributed by atoms with van der Waals surface area (Å²) in [5, 5.41) is 9.76. The first-order chi connectivity index (χ1) is 7.70. The molecule has 1 aromatic rings. The minimum absolute atomic E-state index is 0.372. The largest absolute Gasteiger partial charge is 0.399 e. The fraction of sp³-hybridized carbons (Fsp3) is 0.417. The summed E-state index contributed by atoms with van der Waals surface area (Å²) in [6.07, 6.45) is 0. The lowest BCUT2D eigenvalue weighted by Crippen LogP contribution is -2.37. The number of primary amides is 1. The molecule has 0 bridgehead atoms. The van der Waals surface area contributed by atoms with Gasteiger partial charge in [-0.25, -0.2) is 0 Å². The van der Waals surface area contributed by atoms with Gasteiger partial charge in [0.2, 0.25) is 0 Å². The van der Waals surface area contributed by atoms with Crippen LogP contribution in [-0.4, -0.2) is 30.2 Å². The first kappa shape index (κ1) is 13.3. The zero-order valence-corrected chi connectivity index (χ0v) is 10.4. The van der Waals surface area contributed by atoms with Gasteiger partial charge in [0.25, 0.3) is 5.91 Å². The maximum Gasteiger partial charge on any atom is 0.250 e. The molecule has 5 heteroatoms. The zero-order valence-electron chi connectivity index (χ0n) is 10.4. The molecule has 0 unspecified atom stereocenters. The molecule has 17 heavy (non-hydrogen) atoms. The second-order valence-corrected chi connectivity index (χ2v) is 4.81. The Labute approximate surface area is 101 Å². The molecule has 0 spiro atoms. The summed E-state index contributed by atoms with van der Waals surface area (Å²) in [5.74, 6) is -0.511. The van der Waals surface area contributed by atoms with Crippen molar-refractivity contribution >= 4 is 17.3 Å². The summed E-state index contributed by atoms with van der Waals surface area (Å²) in [4.78, 5) is 13.1. The van der Waals surface area contributed by atoms with Crippen LogP contribution >= 0.6 is 0 Å². The fourth-order valence-electron chi connectivity index (χ4n) is 1.74. The van der Waals surface area contributed by atoms with E-state index in [2.05, 4.69) is 0 Å². The lowest BCUT2D eigenvalue weighted by Gasteiger charge is -2.28. The topological polar surface area (TPSA) is 92.6 Å². The third kappa shape index (κ3) is 3.64. The van der Waals surface area contributed by atoms with Crippen molar-refractivity contribution in [2.24, 2.45) is 5.73 Å². The van der Waals surface area contributed by atoms with E-state index in [0.29, 0.717) is 23.5 Å². The van der Waals surface area contributed by atoms with E-state index in [0.717, 1.165) is 0 Å². The highest BCUT2D eigenvalue weighted by Crippen LogP contribution is 2.23. The number of nitrogens with two attached hydrogens (primary N) is 2. The second-order valence-electron chi connectivity index (χ2n) is 4.81. The van der Waals surface area contributed by atoms with Crippen LogP contribution in [0.5, 0.6) is 0 Å². The molecular formula is C12H19N3O2. The van der Waals surface area contributed by atoms with Crippen LogP contribution in [-0.2, 0) is 0 Å². The Bertz CT molecular complexity index is 424. The summed E-state index contributed by atoms with van der Waals surface area (Å²) < 4.78 is 0. The van der Waals surface area contributed by atoms with Gasteiger partial charge in [0.1, 0.15) is 0 Å². The van der Waals surface area contributed by atoms with Gasteiger partial charge >= 0.3 is 0 Å². The van der Waals surface area contributed by atoms with Gasteiger partial charge in [-0.15, -0.1) is 0 Å². The molecule has 5 nitrogen and oxygen atoms in total. The molecule has 94 valence electrons. The third-order valence-corrected chi connectivity index (χ3v) is 2.32. The van der Waals surface area contributed by atoms with Crippen molar-refractivity contribution in [3.05, 3.63) is 23.8 Å². The normalized spacial score (nSPS) is 11.3. The quantitative estimate of drug-likeness (QED) is 0.668. The Morgan fingerprint density at radius 3 is 2.53 bits per heavy atom. The lowest BCUT2D eigenvalue weighted by atomic mass is 10.1. The number of rotatable bonds is 4. The van der Waals surface area contributed by atoms with E-state index in [-0.39, 0.29) is 0 Å². The molecule has 1 aromatic carbocycles. The van der Waals surface area contributed by atoms with Crippen LogP contribution in [0.25, 0.3) is 0 Å². The predicted molar refractivity (Wildman–Crippen MR) is 68.9 cm³/mol. The number of nitrogens with zero attached hydrogens (tertiary/aromatic N) is 1. The monoisotopic (exact) mass is 237 g/mol. The number of benzene rings is 1. The molecule has 0 atom stereocenters. The summed E-state index contributed by atoms with van der Waals surface area (Å²) in [7, 11) is 1.78. The van der Waals surface area contributed by atoms with E-state index in [1.54, 1.807) is 44.0 Å². The molecule has 0 aliphatic rings. The van der Waals surface area contributed by atoms with Crippen molar-refractivity contribution in [2.45, 2.75) is 19.4 Å². The number of hydrogen-bond acceptors (Lipinski definition) is 4. The van der Waals surface area contributed by atoms with Crippen LogP contribution in [0.15, 0.2) is 18.2 Å². The minimum Gasteiger partial charge on any atom is -0.399 e. The molecule has 0 heterocycles. The predicted octanol–water partition coefficient (Wildman–Crippen LogP) is 0.575. The number of nitrogen functional groups attached to an aromatic ring is 1. The van der Waals surface area contributed by atoms with Gasteiger partial charge in [-0.05, 0) is 32.0 Å². The number of carbonyl (C=O) groups excluding carboxylic acids is 1. The highest BCUT2D eigenvalue weighted by atomic mass is 16.3. The number of anilines is 2. The van der Waals surface area contributed by atoms with E-state index in [4.69, 9.17) is 11.5 Å². The number of amides is 1. The van der Waals surface area contributed by atoms with Crippen molar-refractivity contribution < 1.29 is 9.90 Å². The van der Waals surface area contributed by atoms with E-state index in [9.17, 15) is 9.90 Å². The van der Waals surface area contributed by atoms with Crippen molar-refractivity contribution in [3.63, 3.8) is 0 Å². The minimum atomic E-state index is -0.867. The second kappa shape index (κ2) is 4.63. The maximum atomic E-state index is 11.3. The van der Waals surface area contributed by atoms with E-state index in [1.165, 1.54) is 0 Å². The van der Waals surface area contributed by atoms with Gasteiger partial charge < -0.3 is 21.5 Å². The molecule has 0 saturated heterocycles. The molecule has 1 amide bonds. The van der Waals surface area contributed by atoms with E-state index in [1.807, 2.05) is 0 Å². The van der Waals surface area contributed by atoms with Crippen LogP contribution in [0, 0.1) is 0 Å². The van der Waals surface area contributed by atoms with Gasteiger partial charge in [-0.2, -0.15) is 0 Å². The fourth-order valence-corrected chi connectivity index (χ4v) is 1.74. The van der Waals surface area contributed by atoms with Crippen LogP contribution in [0.2, 0.25) is 0 Å². The molecule has 0 aliphatic heterocycles. The number of hydrogen-bond donors (Lipinski definition) is 3. The first-order valence-corrected chi connectivity index (χ1v) is 5.33. The van der Waals surface area contributed by atoms with Crippen molar-refractivity contribution in [1.29, 1.82) is 0 Å². The van der Waals surface area contributed by atoms with Gasteiger partial charge in [0.15, 0.2) is 0 Å². The third-order valence-electron chi connectivity index (χ3n) is 2.32. The summed E-state index contributed by atoms with van der Waals surface area (Å²) in [6.45, 7) is 3.76. The summed E-state index contributed by atoms with van der Waals surface area (Å²) in [5.41, 5.74) is 11.7. The maximum absolute atomic E-state index is 11.3. The molecule has 0 saturated carbocycles. The smallest absolute Gasteiger partial charge is 0.250 e. The van der Waals surface area contributed by atoms with Crippen LogP contribution in [0.3, 0.4) is 0 Å². The number of carbonyl (C=O) groups is 1. The van der Waals surface area contributed by atoms with Gasteiger partial charge in [-0.1, -0.05) is 0 Å². The molecule has 1 rings (SSSR count). The zero-order chi connectivity index (χ0) is 13.2. The molecule has 0 radical (unpaired) electrons. The van der Waals surface area contributed by atoms with Crippen molar-refractivity contribution in [1.82, 2.24) is 0 Å². The highest BCUT2D eigenvalue weighted by molar-refractivity contribution is 5.99. The van der Waals surface area contributed by atoms with Gasteiger partial charge in [0.05, 0.1) is 16.9 Å². The Balaban J connectivity index is 3.10. The van der Waals surface area contributed by atoms with E-state index >= 15 is 0 Å². The molecule has 0 aromatic heterocycles. The van der Waals surface area contributed by atoms with Crippen molar-refractivity contribution in [2.75, 3.05) is 24.2 Å². The average molecular weight is 237 g/mol. The first-order valence-electron chi connectivity index (χ1n) is 5.33. The Morgan fingerprint density at radius 2 is 2.06 bits per heavy atom. The van der Waals surface area contributed by atoms with E-state index < -0.39 is 11.5 Å².